The lowest BCUT2D eigenvalue weighted by molar-refractivity contribution is -0.142. The molecular weight excluding hydrogens is 196 g/mol. The summed E-state index contributed by atoms with van der Waals surface area (Å²) in [6, 6.07) is -0.772. The van der Waals surface area contributed by atoms with E-state index in [1.165, 1.54) is 0 Å². The zero-order valence-corrected chi connectivity index (χ0v) is 8.95. The molecule has 0 aromatic carbocycles. The minimum absolute atomic E-state index is 0.203. The maximum atomic E-state index is 11.7. The van der Waals surface area contributed by atoms with Gasteiger partial charge in [-0.2, -0.15) is 0 Å². The highest BCUT2D eigenvalue weighted by atomic mass is 16.4. The zero-order valence-electron chi connectivity index (χ0n) is 8.95. The van der Waals surface area contributed by atoms with Crippen LogP contribution in [0.2, 0.25) is 0 Å². The minimum Gasteiger partial charge on any atom is -0.480 e. The molecule has 1 rings (SSSR count). The average Bonchev–Trinajstić information content (AvgIpc) is 2.97. The van der Waals surface area contributed by atoms with E-state index < -0.39 is 17.4 Å². The van der Waals surface area contributed by atoms with Gasteiger partial charge in [-0.1, -0.05) is 13.3 Å². The number of carboxylic acid groups (broad SMARTS) is 1. The molecule has 0 aromatic rings. The van der Waals surface area contributed by atoms with Crippen molar-refractivity contribution in [1.82, 2.24) is 5.32 Å². The van der Waals surface area contributed by atoms with E-state index in [9.17, 15) is 9.59 Å². The molecule has 1 aliphatic rings. The summed E-state index contributed by atoms with van der Waals surface area (Å²) in [7, 11) is 0. The number of carbonyl (C=O) groups is 2. The fraction of sp³-hybridized carbons (Fsp3) is 0.800. The van der Waals surface area contributed by atoms with Gasteiger partial charge in [0.15, 0.2) is 0 Å². The predicted octanol–water partition coefficient (Wildman–Crippen LogP) is 0.0948. The lowest BCUT2D eigenvalue weighted by Crippen LogP contribution is -2.46. The molecule has 5 nitrogen and oxygen atoms in total. The summed E-state index contributed by atoms with van der Waals surface area (Å²) in [5.74, 6) is -1.18. The fourth-order valence-electron chi connectivity index (χ4n) is 1.53. The van der Waals surface area contributed by atoms with Crippen molar-refractivity contribution < 1.29 is 14.7 Å². The van der Waals surface area contributed by atoms with Crippen LogP contribution in [0.15, 0.2) is 0 Å². The van der Waals surface area contributed by atoms with Crippen LogP contribution in [-0.4, -0.2) is 29.6 Å². The average molecular weight is 214 g/mol. The van der Waals surface area contributed by atoms with E-state index in [4.69, 9.17) is 10.8 Å². The van der Waals surface area contributed by atoms with Crippen LogP contribution >= 0.6 is 0 Å². The summed E-state index contributed by atoms with van der Waals surface area (Å²) in [5.41, 5.74) is 5.02. The van der Waals surface area contributed by atoms with Crippen LogP contribution in [0.4, 0.5) is 0 Å². The third-order valence-electron chi connectivity index (χ3n) is 2.91. The maximum absolute atomic E-state index is 11.7. The second-order valence-electron chi connectivity index (χ2n) is 4.14. The maximum Gasteiger partial charge on any atom is 0.326 e. The van der Waals surface area contributed by atoms with E-state index in [0.29, 0.717) is 13.0 Å². The lowest BCUT2D eigenvalue weighted by Gasteiger charge is -2.18. The summed E-state index contributed by atoms with van der Waals surface area (Å²) in [6.07, 6.45) is 2.73. The Morgan fingerprint density at radius 1 is 1.53 bits per heavy atom. The van der Waals surface area contributed by atoms with Gasteiger partial charge in [-0.05, 0) is 19.3 Å². The summed E-state index contributed by atoms with van der Waals surface area (Å²) in [5, 5.41) is 11.4. The molecule has 0 aliphatic heterocycles. The van der Waals surface area contributed by atoms with Gasteiger partial charge in [-0.3, -0.25) is 4.79 Å². The van der Waals surface area contributed by atoms with Gasteiger partial charge in [0, 0.05) is 6.54 Å². The molecule has 0 saturated heterocycles. The van der Waals surface area contributed by atoms with Crippen LogP contribution < -0.4 is 11.1 Å². The summed E-state index contributed by atoms with van der Waals surface area (Å²) < 4.78 is 0. The quantitative estimate of drug-likeness (QED) is 0.584. The molecule has 0 aromatic heterocycles. The molecule has 86 valence electrons. The van der Waals surface area contributed by atoms with Gasteiger partial charge in [0.05, 0.1) is 5.41 Å². The number of aliphatic carboxylic acids is 1. The monoisotopic (exact) mass is 214 g/mol. The number of rotatable bonds is 6. The topological polar surface area (TPSA) is 92.4 Å². The molecule has 0 spiro atoms. The van der Waals surface area contributed by atoms with Gasteiger partial charge in [-0.25, -0.2) is 4.79 Å². The van der Waals surface area contributed by atoms with Crippen molar-refractivity contribution in [2.24, 2.45) is 11.1 Å². The highest BCUT2D eigenvalue weighted by Crippen LogP contribution is 2.44. The van der Waals surface area contributed by atoms with Crippen LogP contribution in [0.25, 0.3) is 0 Å². The van der Waals surface area contributed by atoms with Gasteiger partial charge < -0.3 is 16.2 Å². The zero-order chi connectivity index (χ0) is 11.5. The highest BCUT2D eigenvalue weighted by Gasteiger charge is 2.49. The number of hydrogen-bond donors (Lipinski definition) is 3. The Labute approximate surface area is 89.0 Å². The van der Waals surface area contributed by atoms with Crippen molar-refractivity contribution in [3.05, 3.63) is 0 Å². The van der Waals surface area contributed by atoms with E-state index in [1.807, 2.05) is 6.92 Å². The van der Waals surface area contributed by atoms with Gasteiger partial charge in [0.2, 0.25) is 5.91 Å². The Hall–Kier alpha value is -1.10. The molecule has 5 heteroatoms. The molecule has 0 bridgehead atoms. The smallest absolute Gasteiger partial charge is 0.326 e. The Bertz CT molecular complexity index is 261. The van der Waals surface area contributed by atoms with Crippen molar-refractivity contribution in [2.75, 3.05) is 6.54 Å². The number of carboxylic acids is 1. The number of amides is 1. The molecule has 1 amide bonds. The molecule has 4 N–H and O–H groups in total. The van der Waals surface area contributed by atoms with Crippen molar-refractivity contribution >= 4 is 11.9 Å². The van der Waals surface area contributed by atoms with Crippen molar-refractivity contribution in [2.45, 2.75) is 38.6 Å². The van der Waals surface area contributed by atoms with Gasteiger partial charge >= 0.3 is 5.97 Å². The standard InChI is InChI=1S/C10H18N2O3/c1-2-3-7(8(13)14)12-9(15)10(6-11)4-5-10/h7H,2-6,11H2,1H3,(H,12,15)(H,13,14)/t7-/m0/s1. The number of nitrogens with two attached hydrogens (primary N) is 1. The number of carbonyl (C=O) groups excluding carboxylic acids is 1. The third-order valence-corrected chi connectivity index (χ3v) is 2.91. The Morgan fingerprint density at radius 2 is 2.13 bits per heavy atom. The van der Waals surface area contributed by atoms with E-state index in [0.717, 1.165) is 19.3 Å². The van der Waals surface area contributed by atoms with E-state index in [2.05, 4.69) is 5.32 Å². The van der Waals surface area contributed by atoms with Crippen molar-refractivity contribution in [1.29, 1.82) is 0 Å². The molecular formula is C10H18N2O3. The second kappa shape index (κ2) is 4.61. The first-order valence-electron chi connectivity index (χ1n) is 5.29. The normalized spacial score (nSPS) is 19.3. The van der Waals surface area contributed by atoms with Gasteiger partial charge in [0.1, 0.15) is 6.04 Å². The molecule has 15 heavy (non-hydrogen) atoms. The second-order valence-corrected chi connectivity index (χ2v) is 4.14. The predicted molar refractivity (Wildman–Crippen MR) is 55.2 cm³/mol. The first kappa shape index (κ1) is 12.0. The van der Waals surface area contributed by atoms with Crippen LogP contribution in [0.3, 0.4) is 0 Å². The van der Waals surface area contributed by atoms with Gasteiger partial charge in [-0.15, -0.1) is 0 Å². The Morgan fingerprint density at radius 3 is 2.47 bits per heavy atom. The van der Waals surface area contributed by atoms with Crippen molar-refractivity contribution in [3.8, 4) is 0 Å². The summed E-state index contributed by atoms with van der Waals surface area (Å²) >= 11 is 0. The number of nitrogens with one attached hydrogen (secondary N) is 1. The number of hydrogen-bond acceptors (Lipinski definition) is 3. The Balaban J connectivity index is 2.51. The first-order chi connectivity index (χ1) is 7.05. The molecule has 1 aliphatic carbocycles. The van der Waals surface area contributed by atoms with Crippen LogP contribution in [-0.2, 0) is 9.59 Å². The minimum atomic E-state index is -0.974. The largest absolute Gasteiger partial charge is 0.480 e. The summed E-state index contributed by atoms with van der Waals surface area (Å²) in [4.78, 5) is 22.5. The highest BCUT2D eigenvalue weighted by molar-refractivity contribution is 5.89. The third kappa shape index (κ3) is 2.68. The molecule has 0 unspecified atom stereocenters. The van der Waals surface area contributed by atoms with E-state index >= 15 is 0 Å². The fourth-order valence-corrected chi connectivity index (χ4v) is 1.53. The lowest BCUT2D eigenvalue weighted by atomic mass is 10.1. The van der Waals surface area contributed by atoms with Crippen LogP contribution in [0.1, 0.15) is 32.6 Å². The molecule has 0 radical (unpaired) electrons. The molecule has 1 atom stereocenters. The molecule has 1 fully saturated rings. The molecule has 1 saturated carbocycles. The first-order valence-corrected chi connectivity index (χ1v) is 5.29. The Kier molecular flexibility index (Phi) is 3.68. The summed E-state index contributed by atoms with van der Waals surface area (Å²) in [6.45, 7) is 2.19. The SMILES string of the molecule is CCC[C@H](NC(=O)C1(CN)CC1)C(=O)O. The van der Waals surface area contributed by atoms with Crippen LogP contribution in [0.5, 0.6) is 0 Å². The van der Waals surface area contributed by atoms with Crippen molar-refractivity contribution in [3.63, 3.8) is 0 Å². The van der Waals surface area contributed by atoms with E-state index in [-0.39, 0.29) is 5.91 Å². The molecule has 0 heterocycles. The van der Waals surface area contributed by atoms with Gasteiger partial charge in [0.25, 0.3) is 0 Å². The van der Waals surface area contributed by atoms with Crippen LogP contribution in [0, 0.1) is 5.41 Å². The van der Waals surface area contributed by atoms with E-state index in [1.54, 1.807) is 0 Å².